The smallest absolute Gasteiger partial charge is 0.251 e. The van der Waals surface area contributed by atoms with E-state index in [0.29, 0.717) is 17.0 Å². The molecule has 116 valence electrons. The molecule has 1 amide bonds. The van der Waals surface area contributed by atoms with Gasteiger partial charge in [0.1, 0.15) is 18.2 Å². The number of nitrogens with two attached hydrogens (primary N) is 1. The monoisotopic (exact) mass is 302 g/mol. The van der Waals surface area contributed by atoms with Crippen molar-refractivity contribution in [1.82, 2.24) is 5.32 Å². The minimum atomic E-state index is -0.288. The lowest BCUT2D eigenvalue weighted by Crippen LogP contribution is -2.30. The van der Waals surface area contributed by atoms with Gasteiger partial charge >= 0.3 is 0 Å². The van der Waals surface area contributed by atoms with Crippen LogP contribution in [0, 0.1) is 5.82 Å². The van der Waals surface area contributed by atoms with Crippen LogP contribution in [-0.2, 0) is 6.61 Å². The first kappa shape index (κ1) is 15.8. The summed E-state index contributed by atoms with van der Waals surface area (Å²) in [5, 5.41) is 2.80. The molecule has 0 unspecified atom stereocenters. The zero-order chi connectivity index (χ0) is 16.1. The van der Waals surface area contributed by atoms with Gasteiger partial charge in [0.15, 0.2) is 0 Å². The number of amides is 1. The maximum atomic E-state index is 12.8. The van der Waals surface area contributed by atoms with Gasteiger partial charge in [-0.15, -0.1) is 0 Å². The first-order valence-corrected chi connectivity index (χ1v) is 7.03. The molecule has 0 saturated heterocycles. The molecule has 0 atom stereocenters. The number of anilines is 1. The Hall–Kier alpha value is -2.56. The number of carbonyl (C=O) groups excluding carboxylic acids is 1. The minimum absolute atomic E-state index is 0.0585. The van der Waals surface area contributed by atoms with E-state index in [4.69, 9.17) is 10.5 Å². The molecule has 0 heterocycles. The molecule has 0 radical (unpaired) electrons. The fourth-order valence-corrected chi connectivity index (χ4v) is 1.91. The lowest BCUT2D eigenvalue weighted by atomic mass is 10.1. The second kappa shape index (κ2) is 6.93. The van der Waals surface area contributed by atoms with Crippen molar-refractivity contribution in [1.29, 1.82) is 0 Å². The van der Waals surface area contributed by atoms with Crippen LogP contribution in [0.25, 0.3) is 0 Å². The molecule has 0 aliphatic rings. The lowest BCUT2D eigenvalue weighted by Gasteiger charge is -2.12. The van der Waals surface area contributed by atoms with Gasteiger partial charge in [-0.2, -0.15) is 0 Å². The van der Waals surface area contributed by atoms with E-state index in [1.165, 1.54) is 12.1 Å². The van der Waals surface area contributed by atoms with Crippen LogP contribution in [0.3, 0.4) is 0 Å². The fourth-order valence-electron chi connectivity index (χ4n) is 1.91. The van der Waals surface area contributed by atoms with Crippen molar-refractivity contribution in [2.24, 2.45) is 0 Å². The number of rotatable bonds is 5. The van der Waals surface area contributed by atoms with Crippen molar-refractivity contribution >= 4 is 11.6 Å². The second-order valence-corrected chi connectivity index (χ2v) is 5.30. The van der Waals surface area contributed by atoms with Crippen molar-refractivity contribution in [3.8, 4) is 5.75 Å². The number of halogens is 1. The van der Waals surface area contributed by atoms with Gasteiger partial charge in [-0.3, -0.25) is 4.79 Å². The Morgan fingerprint density at radius 2 is 1.91 bits per heavy atom. The van der Waals surface area contributed by atoms with Crippen molar-refractivity contribution in [3.63, 3.8) is 0 Å². The molecule has 0 aromatic heterocycles. The molecule has 0 saturated carbocycles. The summed E-state index contributed by atoms with van der Waals surface area (Å²) >= 11 is 0. The number of ether oxygens (including phenoxy) is 1. The molecule has 2 rings (SSSR count). The molecule has 2 aromatic rings. The molecule has 5 heteroatoms. The third-order valence-electron chi connectivity index (χ3n) is 3.00. The number of carbonyl (C=O) groups is 1. The first-order chi connectivity index (χ1) is 10.5. The molecular formula is C17H19FN2O2. The summed E-state index contributed by atoms with van der Waals surface area (Å²) < 4.78 is 18.4. The van der Waals surface area contributed by atoms with Crippen LogP contribution in [-0.4, -0.2) is 11.9 Å². The number of hydrogen-bond acceptors (Lipinski definition) is 3. The Bertz CT molecular complexity index is 654. The van der Waals surface area contributed by atoms with Gasteiger partial charge in [-0.25, -0.2) is 4.39 Å². The summed E-state index contributed by atoms with van der Waals surface area (Å²) in [4.78, 5) is 11.9. The van der Waals surface area contributed by atoms with E-state index in [9.17, 15) is 9.18 Å². The van der Waals surface area contributed by atoms with E-state index in [0.717, 1.165) is 5.56 Å². The Balaban J connectivity index is 2.03. The highest BCUT2D eigenvalue weighted by atomic mass is 19.1. The van der Waals surface area contributed by atoms with E-state index in [1.54, 1.807) is 30.3 Å². The molecule has 3 N–H and O–H groups in total. The van der Waals surface area contributed by atoms with Crippen LogP contribution in [0.15, 0.2) is 42.5 Å². The topological polar surface area (TPSA) is 64.3 Å². The quantitative estimate of drug-likeness (QED) is 0.834. The van der Waals surface area contributed by atoms with Gasteiger partial charge in [0.2, 0.25) is 0 Å². The summed E-state index contributed by atoms with van der Waals surface area (Å²) in [7, 11) is 0. The Morgan fingerprint density at radius 3 is 2.50 bits per heavy atom. The van der Waals surface area contributed by atoms with E-state index in [-0.39, 0.29) is 24.4 Å². The summed E-state index contributed by atoms with van der Waals surface area (Å²) in [5.41, 5.74) is 7.62. The van der Waals surface area contributed by atoms with E-state index in [1.807, 2.05) is 13.8 Å². The third kappa shape index (κ3) is 4.22. The normalized spacial score (nSPS) is 10.5. The molecule has 0 bridgehead atoms. The van der Waals surface area contributed by atoms with Gasteiger partial charge in [0.05, 0.1) is 5.69 Å². The number of nitrogens with one attached hydrogen (secondary N) is 1. The SMILES string of the molecule is CC(C)NC(=O)c1ccc(OCc2ccc(F)cc2)c(N)c1. The predicted octanol–water partition coefficient (Wildman–Crippen LogP) is 3.13. The first-order valence-electron chi connectivity index (χ1n) is 7.03. The predicted molar refractivity (Wildman–Crippen MR) is 84.2 cm³/mol. The van der Waals surface area contributed by atoms with E-state index in [2.05, 4.69) is 5.32 Å². The summed E-state index contributed by atoms with van der Waals surface area (Å²) in [6.07, 6.45) is 0. The van der Waals surface area contributed by atoms with Crippen LogP contribution in [0.4, 0.5) is 10.1 Å². The summed E-state index contributed by atoms with van der Waals surface area (Å²) in [6.45, 7) is 4.06. The van der Waals surface area contributed by atoms with Crippen molar-refractivity contribution in [2.75, 3.05) is 5.73 Å². The fraction of sp³-hybridized carbons (Fsp3) is 0.235. The van der Waals surface area contributed by atoms with Gasteiger partial charge < -0.3 is 15.8 Å². The van der Waals surface area contributed by atoms with E-state index < -0.39 is 0 Å². The Morgan fingerprint density at radius 1 is 1.23 bits per heavy atom. The third-order valence-corrected chi connectivity index (χ3v) is 3.00. The zero-order valence-electron chi connectivity index (χ0n) is 12.6. The molecule has 0 fully saturated rings. The molecular weight excluding hydrogens is 283 g/mol. The van der Waals surface area contributed by atoms with E-state index >= 15 is 0 Å². The van der Waals surface area contributed by atoms with Crippen LogP contribution in [0.5, 0.6) is 5.75 Å². The average molecular weight is 302 g/mol. The molecule has 2 aromatic carbocycles. The van der Waals surface area contributed by atoms with Gasteiger partial charge in [0, 0.05) is 11.6 Å². The second-order valence-electron chi connectivity index (χ2n) is 5.30. The number of benzene rings is 2. The Kier molecular flexibility index (Phi) is 4.99. The minimum Gasteiger partial charge on any atom is -0.487 e. The van der Waals surface area contributed by atoms with Gasteiger partial charge in [0.25, 0.3) is 5.91 Å². The highest BCUT2D eigenvalue weighted by Gasteiger charge is 2.10. The maximum absolute atomic E-state index is 12.8. The summed E-state index contributed by atoms with van der Waals surface area (Å²) in [6, 6.07) is 11.0. The molecule has 0 aliphatic carbocycles. The molecule has 0 aliphatic heterocycles. The Labute approximate surface area is 129 Å². The number of hydrogen-bond donors (Lipinski definition) is 2. The van der Waals surface area contributed by atoms with Crippen molar-refractivity contribution < 1.29 is 13.9 Å². The molecule has 0 spiro atoms. The molecule has 4 nitrogen and oxygen atoms in total. The van der Waals surface area contributed by atoms with Gasteiger partial charge in [-0.1, -0.05) is 12.1 Å². The van der Waals surface area contributed by atoms with Crippen LogP contribution in [0.1, 0.15) is 29.8 Å². The highest BCUT2D eigenvalue weighted by molar-refractivity contribution is 5.95. The van der Waals surface area contributed by atoms with Crippen LogP contribution >= 0.6 is 0 Å². The number of nitrogen functional groups attached to an aromatic ring is 1. The van der Waals surface area contributed by atoms with Crippen molar-refractivity contribution in [3.05, 3.63) is 59.4 Å². The van der Waals surface area contributed by atoms with Crippen LogP contribution < -0.4 is 15.8 Å². The average Bonchev–Trinajstić information content (AvgIpc) is 2.47. The maximum Gasteiger partial charge on any atom is 0.251 e. The van der Waals surface area contributed by atoms with Gasteiger partial charge in [-0.05, 0) is 49.7 Å². The lowest BCUT2D eigenvalue weighted by molar-refractivity contribution is 0.0943. The zero-order valence-corrected chi connectivity index (χ0v) is 12.6. The largest absolute Gasteiger partial charge is 0.487 e. The summed E-state index contributed by atoms with van der Waals surface area (Å²) in [5.74, 6) is 0.0287. The van der Waals surface area contributed by atoms with Crippen molar-refractivity contribution in [2.45, 2.75) is 26.5 Å². The van der Waals surface area contributed by atoms with Crippen LogP contribution in [0.2, 0.25) is 0 Å². The highest BCUT2D eigenvalue weighted by Crippen LogP contribution is 2.23. The molecule has 22 heavy (non-hydrogen) atoms. The standard InChI is InChI=1S/C17H19FN2O2/c1-11(2)20-17(21)13-5-8-16(15(19)9-13)22-10-12-3-6-14(18)7-4-12/h3-9,11H,10,19H2,1-2H3,(H,20,21).